The van der Waals surface area contributed by atoms with Crippen molar-refractivity contribution >= 4 is 5.78 Å². The van der Waals surface area contributed by atoms with E-state index in [2.05, 4.69) is 19.2 Å². The molecule has 3 heteroatoms. The van der Waals surface area contributed by atoms with Gasteiger partial charge in [-0.1, -0.05) is 13.8 Å². The number of aliphatic hydroxyl groups excluding tert-OH is 1. The molecule has 3 nitrogen and oxygen atoms in total. The van der Waals surface area contributed by atoms with Crippen molar-refractivity contribution in [2.75, 3.05) is 0 Å². The van der Waals surface area contributed by atoms with Crippen molar-refractivity contribution in [3.63, 3.8) is 0 Å². The number of nitrogens with one attached hydrogen (secondary N) is 1. The predicted molar refractivity (Wildman–Crippen MR) is 53.7 cm³/mol. The molecule has 0 bridgehead atoms. The molecule has 0 aromatic carbocycles. The van der Waals surface area contributed by atoms with Crippen LogP contribution in [-0.4, -0.2) is 23.0 Å². The lowest BCUT2D eigenvalue weighted by Crippen LogP contribution is -2.59. The number of carbonyl (C=O) groups excluding carboxylic acids is 1. The molecule has 2 aliphatic rings. The monoisotopic (exact) mass is 195 g/mol. The molecule has 78 valence electrons. The molecule has 1 saturated carbocycles. The van der Waals surface area contributed by atoms with Crippen LogP contribution in [0.3, 0.4) is 0 Å². The van der Waals surface area contributed by atoms with Crippen LogP contribution in [0.15, 0.2) is 11.8 Å². The maximum atomic E-state index is 11.0. The lowest BCUT2D eigenvalue weighted by molar-refractivity contribution is -0.114. The first-order valence-electron chi connectivity index (χ1n) is 5.18. The fourth-order valence-electron chi connectivity index (χ4n) is 2.08. The van der Waals surface area contributed by atoms with Crippen LogP contribution in [-0.2, 0) is 4.79 Å². The first-order chi connectivity index (χ1) is 6.50. The molecule has 0 aromatic rings. The van der Waals surface area contributed by atoms with Crippen LogP contribution >= 0.6 is 0 Å². The number of aliphatic hydroxyl groups is 1. The van der Waals surface area contributed by atoms with E-state index in [1.807, 2.05) is 0 Å². The van der Waals surface area contributed by atoms with Crippen molar-refractivity contribution in [2.45, 2.75) is 45.3 Å². The summed E-state index contributed by atoms with van der Waals surface area (Å²) in [7, 11) is 0. The minimum Gasteiger partial charge on any atom is -0.392 e. The van der Waals surface area contributed by atoms with Gasteiger partial charge in [0.1, 0.15) is 0 Å². The zero-order valence-corrected chi connectivity index (χ0v) is 8.71. The second-order valence-electron chi connectivity index (χ2n) is 4.91. The van der Waals surface area contributed by atoms with Gasteiger partial charge in [0.05, 0.1) is 6.10 Å². The quantitative estimate of drug-likeness (QED) is 0.690. The number of hydrogen-bond donors (Lipinski definition) is 2. The summed E-state index contributed by atoms with van der Waals surface area (Å²) in [5.74, 6) is 0.213. The van der Waals surface area contributed by atoms with Gasteiger partial charge in [0, 0.05) is 29.7 Å². The van der Waals surface area contributed by atoms with Crippen molar-refractivity contribution in [3.05, 3.63) is 11.8 Å². The highest BCUT2D eigenvalue weighted by molar-refractivity contribution is 5.92. The predicted octanol–water partition coefficient (Wildman–Crippen LogP) is 0.982. The molecule has 2 rings (SSSR count). The Hall–Kier alpha value is -0.830. The van der Waals surface area contributed by atoms with Gasteiger partial charge in [-0.25, -0.2) is 0 Å². The topological polar surface area (TPSA) is 49.3 Å². The molecule has 0 spiro atoms. The van der Waals surface area contributed by atoms with Crippen LogP contribution in [0, 0.1) is 5.41 Å². The number of rotatable bonds is 2. The lowest BCUT2D eigenvalue weighted by Gasteiger charge is -2.50. The van der Waals surface area contributed by atoms with Crippen molar-refractivity contribution in [1.82, 2.24) is 5.32 Å². The van der Waals surface area contributed by atoms with Gasteiger partial charge >= 0.3 is 0 Å². The second kappa shape index (κ2) is 3.09. The molecule has 1 fully saturated rings. The van der Waals surface area contributed by atoms with Gasteiger partial charge in [0.2, 0.25) is 0 Å². The molecular formula is C11H17NO2. The molecule has 0 saturated heterocycles. The van der Waals surface area contributed by atoms with Crippen molar-refractivity contribution in [1.29, 1.82) is 0 Å². The molecule has 14 heavy (non-hydrogen) atoms. The van der Waals surface area contributed by atoms with Crippen LogP contribution in [0.4, 0.5) is 0 Å². The smallest absolute Gasteiger partial charge is 0.157 e. The molecule has 0 radical (unpaired) electrons. The first kappa shape index (κ1) is 9.71. The van der Waals surface area contributed by atoms with Gasteiger partial charge in [-0.3, -0.25) is 4.79 Å². The number of hydrogen-bond acceptors (Lipinski definition) is 3. The summed E-state index contributed by atoms with van der Waals surface area (Å²) < 4.78 is 0. The van der Waals surface area contributed by atoms with E-state index in [9.17, 15) is 9.90 Å². The van der Waals surface area contributed by atoms with E-state index in [-0.39, 0.29) is 17.3 Å². The molecule has 2 atom stereocenters. The largest absolute Gasteiger partial charge is 0.392 e. The Morgan fingerprint density at radius 2 is 2.21 bits per heavy atom. The molecule has 0 heterocycles. The van der Waals surface area contributed by atoms with Crippen molar-refractivity contribution in [3.8, 4) is 0 Å². The Morgan fingerprint density at radius 1 is 1.50 bits per heavy atom. The zero-order valence-electron chi connectivity index (χ0n) is 8.71. The summed E-state index contributed by atoms with van der Waals surface area (Å²) in [5.41, 5.74) is 0.979. The van der Waals surface area contributed by atoms with Crippen molar-refractivity contribution < 1.29 is 9.90 Å². The Labute approximate surface area is 84.2 Å². The molecule has 0 amide bonds. The Bertz CT molecular complexity index is 294. The van der Waals surface area contributed by atoms with Gasteiger partial charge in [-0.15, -0.1) is 0 Å². The van der Waals surface area contributed by atoms with E-state index >= 15 is 0 Å². The van der Waals surface area contributed by atoms with E-state index in [1.54, 1.807) is 6.08 Å². The van der Waals surface area contributed by atoms with E-state index in [0.29, 0.717) is 12.5 Å². The van der Waals surface area contributed by atoms with Gasteiger partial charge < -0.3 is 10.4 Å². The van der Waals surface area contributed by atoms with Crippen LogP contribution in [0.2, 0.25) is 0 Å². The Balaban J connectivity index is 1.94. The molecular weight excluding hydrogens is 178 g/mol. The van der Waals surface area contributed by atoms with E-state index in [0.717, 1.165) is 18.5 Å². The highest BCUT2D eigenvalue weighted by Crippen LogP contribution is 2.41. The highest BCUT2D eigenvalue weighted by Gasteiger charge is 2.47. The molecule has 0 aromatic heterocycles. The number of allylic oxidation sites excluding steroid dienone is 2. The average molecular weight is 195 g/mol. The van der Waals surface area contributed by atoms with Crippen LogP contribution in [0.1, 0.15) is 33.1 Å². The summed E-state index contributed by atoms with van der Waals surface area (Å²) in [6, 6.07) is 0.314. The third-order valence-electron chi connectivity index (χ3n) is 3.55. The summed E-state index contributed by atoms with van der Waals surface area (Å²) >= 11 is 0. The highest BCUT2D eigenvalue weighted by atomic mass is 16.3. The summed E-state index contributed by atoms with van der Waals surface area (Å²) in [6.07, 6.45) is 3.75. The maximum absolute atomic E-state index is 11.0. The normalized spacial score (nSPS) is 35.1. The SMILES string of the molecule is CC1(C)C(O)CC1NC1=CC(=O)CC1. The van der Waals surface area contributed by atoms with Crippen molar-refractivity contribution in [2.24, 2.45) is 5.41 Å². The fraction of sp³-hybridized carbons (Fsp3) is 0.727. The van der Waals surface area contributed by atoms with E-state index in [4.69, 9.17) is 0 Å². The maximum Gasteiger partial charge on any atom is 0.157 e. The third-order valence-corrected chi connectivity index (χ3v) is 3.55. The van der Waals surface area contributed by atoms with E-state index in [1.165, 1.54) is 0 Å². The minimum atomic E-state index is -0.210. The summed E-state index contributed by atoms with van der Waals surface area (Å²) in [4.78, 5) is 11.0. The fourth-order valence-corrected chi connectivity index (χ4v) is 2.08. The number of carbonyl (C=O) groups is 1. The molecule has 2 unspecified atom stereocenters. The van der Waals surface area contributed by atoms with Gasteiger partial charge in [-0.05, 0) is 12.8 Å². The van der Waals surface area contributed by atoms with Gasteiger partial charge in [-0.2, -0.15) is 0 Å². The molecule has 0 aliphatic heterocycles. The molecule has 2 N–H and O–H groups in total. The Kier molecular flexibility index (Phi) is 2.14. The standard InChI is InChI=1S/C11H17NO2/c1-11(2)9(6-10(11)14)12-7-3-4-8(13)5-7/h5,9-10,12,14H,3-4,6H2,1-2H3. The molecule has 2 aliphatic carbocycles. The number of ketones is 1. The van der Waals surface area contributed by atoms with Crippen LogP contribution in [0.5, 0.6) is 0 Å². The second-order valence-corrected chi connectivity index (χ2v) is 4.91. The van der Waals surface area contributed by atoms with Crippen LogP contribution < -0.4 is 5.32 Å². The first-order valence-corrected chi connectivity index (χ1v) is 5.18. The third kappa shape index (κ3) is 1.46. The van der Waals surface area contributed by atoms with E-state index < -0.39 is 0 Å². The summed E-state index contributed by atoms with van der Waals surface area (Å²) in [6.45, 7) is 4.10. The Morgan fingerprint density at radius 3 is 2.64 bits per heavy atom. The minimum absolute atomic E-state index is 0.0630. The van der Waals surface area contributed by atoms with Gasteiger partial charge in [0.25, 0.3) is 0 Å². The van der Waals surface area contributed by atoms with Gasteiger partial charge in [0.15, 0.2) is 5.78 Å². The lowest BCUT2D eigenvalue weighted by atomic mass is 9.64. The average Bonchev–Trinajstić information content (AvgIpc) is 2.51. The summed E-state index contributed by atoms with van der Waals surface area (Å²) in [5, 5.41) is 12.9. The zero-order chi connectivity index (χ0) is 10.3. The van der Waals surface area contributed by atoms with Crippen LogP contribution in [0.25, 0.3) is 0 Å².